The Balaban J connectivity index is 1.98. The Labute approximate surface area is 149 Å². The summed E-state index contributed by atoms with van der Waals surface area (Å²) in [6, 6.07) is 12.1. The molecule has 1 amide bonds. The fourth-order valence-electron chi connectivity index (χ4n) is 2.62. The van der Waals surface area contributed by atoms with E-state index < -0.39 is 0 Å². The quantitative estimate of drug-likeness (QED) is 0.669. The van der Waals surface area contributed by atoms with Crippen molar-refractivity contribution >= 4 is 22.9 Å². The molecule has 1 heterocycles. The Morgan fingerprint density at radius 1 is 1.33 bits per heavy atom. The van der Waals surface area contributed by atoms with Gasteiger partial charge in [-0.2, -0.15) is 0 Å². The van der Waals surface area contributed by atoms with Gasteiger partial charge in [0.25, 0.3) is 0 Å². The monoisotopic (exact) mass is 342 g/mol. The maximum atomic E-state index is 12.8. The van der Waals surface area contributed by atoms with E-state index in [1.165, 1.54) is 10.4 Å². The van der Waals surface area contributed by atoms with Gasteiger partial charge in [-0.15, -0.1) is 17.9 Å². The van der Waals surface area contributed by atoms with Crippen LogP contribution in [0.25, 0.3) is 0 Å². The number of hydrogen-bond donors (Lipinski definition) is 1. The molecule has 0 bridgehead atoms. The molecule has 0 radical (unpaired) electrons. The van der Waals surface area contributed by atoms with Crippen molar-refractivity contribution in [2.45, 2.75) is 39.3 Å². The zero-order chi connectivity index (χ0) is 17.4. The van der Waals surface area contributed by atoms with Gasteiger partial charge in [0.1, 0.15) is 6.04 Å². The molecule has 0 fully saturated rings. The highest BCUT2D eigenvalue weighted by Gasteiger charge is 2.20. The average Bonchev–Trinajstić information content (AvgIpc) is 3.09. The van der Waals surface area contributed by atoms with E-state index in [9.17, 15) is 4.79 Å². The predicted molar refractivity (Wildman–Crippen MR) is 103 cm³/mol. The molecule has 0 aliphatic rings. The van der Waals surface area contributed by atoms with Gasteiger partial charge in [-0.05, 0) is 42.5 Å². The SMILES string of the molecule is C=CCN(Cc1cccs1)C(=O)C(C)Nc1ccc(CCC)cc1. The van der Waals surface area contributed by atoms with Gasteiger partial charge in [0, 0.05) is 17.1 Å². The van der Waals surface area contributed by atoms with E-state index in [2.05, 4.69) is 37.0 Å². The molecule has 3 nitrogen and oxygen atoms in total. The van der Waals surface area contributed by atoms with Crippen LogP contribution in [0.15, 0.2) is 54.4 Å². The first kappa shape index (κ1) is 18.3. The minimum Gasteiger partial charge on any atom is -0.374 e. The Bertz CT molecular complexity index is 634. The summed E-state index contributed by atoms with van der Waals surface area (Å²) in [5.41, 5.74) is 2.30. The number of amides is 1. The molecule has 24 heavy (non-hydrogen) atoms. The first-order valence-electron chi connectivity index (χ1n) is 8.41. The van der Waals surface area contributed by atoms with E-state index in [0.29, 0.717) is 13.1 Å². The van der Waals surface area contributed by atoms with Crippen LogP contribution in [0.3, 0.4) is 0 Å². The second-order valence-electron chi connectivity index (χ2n) is 5.90. The average molecular weight is 343 g/mol. The van der Waals surface area contributed by atoms with Gasteiger partial charge >= 0.3 is 0 Å². The summed E-state index contributed by atoms with van der Waals surface area (Å²) < 4.78 is 0. The van der Waals surface area contributed by atoms with Crippen molar-refractivity contribution in [1.82, 2.24) is 4.90 Å². The lowest BCUT2D eigenvalue weighted by atomic mass is 10.1. The highest BCUT2D eigenvalue weighted by atomic mass is 32.1. The molecule has 0 saturated heterocycles. The van der Waals surface area contributed by atoms with Crippen molar-refractivity contribution in [2.75, 3.05) is 11.9 Å². The molecule has 1 unspecified atom stereocenters. The summed E-state index contributed by atoms with van der Waals surface area (Å²) in [5.74, 6) is 0.0842. The van der Waals surface area contributed by atoms with Crippen LogP contribution in [0.4, 0.5) is 5.69 Å². The molecule has 1 N–H and O–H groups in total. The highest BCUT2D eigenvalue weighted by Crippen LogP contribution is 2.15. The molecule has 0 aliphatic heterocycles. The lowest BCUT2D eigenvalue weighted by Crippen LogP contribution is -2.41. The highest BCUT2D eigenvalue weighted by molar-refractivity contribution is 7.09. The standard InChI is InChI=1S/C20H26N2OS/c1-4-7-17-9-11-18(12-10-17)21-16(3)20(23)22(13-5-2)15-19-8-6-14-24-19/h5-6,8-12,14,16,21H,2,4,7,13,15H2,1,3H3. The van der Waals surface area contributed by atoms with Gasteiger partial charge < -0.3 is 10.2 Å². The van der Waals surface area contributed by atoms with Crippen molar-refractivity contribution < 1.29 is 4.79 Å². The second kappa shape index (κ2) is 9.28. The molecule has 1 aromatic carbocycles. The van der Waals surface area contributed by atoms with Gasteiger partial charge in [-0.3, -0.25) is 4.79 Å². The van der Waals surface area contributed by atoms with Crippen LogP contribution in [0, 0.1) is 0 Å². The Kier molecular flexibility index (Phi) is 7.07. The van der Waals surface area contributed by atoms with E-state index in [1.807, 2.05) is 35.4 Å². The smallest absolute Gasteiger partial charge is 0.245 e. The number of benzene rings is 1. The van der Waals surface area contributed by atoms with Gasteiger partial charge in [0.05, 0.1) is 6.54 Å². The third-order valence-corrected chi connectivity index (χ3v) is 4.70. The van der Waals surface area contributed by atoms with E-state index in [0.717, 1.165) is 18.5 Å². The fourth-order valence-corrected chi connectivity index (χ4v) is 3.34. The van der Waals surface area contributed by atoms with Crippen LogP contribution in [0.2, 0.25) is 0 Å². The largest absolute Gasteiger partial charge is 0.374 e. The van der Waals surface area contributed by atoms with Gasteiger partial charge in [-0.25, -0.2) is 0 Å². The maximum Gasteiger partial charge on any atom is 0.245 e. The van der Waals surface area contributed by atoms with E-state index in [4.69, 9.17) is 0 Å². The number of anilines is 1. The van der Waals surface area contributed by atoms with E-state index in [-0.39, 0.29) is 11.9 Å². The summed E-state index contributed by atoms with van der Waals surface area (Å²) in [4.78, 5) is 15.8. The lowest BCUT2D eigenvalue weighted by Gasteiger charge is -2.25. The zero-order valence-electron chi connectivity index (χ0n) is 14.5. The Morgan fingerprint density at radius 2 is 2.08 bits per heavy atom. The molecule has 0 saturated carbocycles. The zero-order valence-corrected chi connectivity index (χ0v) is 15.3. The number of nitrogens with one attached hydrogen (secondary N) is 1. The van der Waals surface area contributed by atoms with Crippen LogP contribution < -0.4 is 5.32 Å². The third kappa shape index (κ3) is 5.24. The normalized spacial score (nSPS) is 11.8. The molecule has 2 rings (SSSR count). The van der Waals surface area contributed by atoms with Gasteiger partial charge in [-0.1, -0.05) is 37.6 Å². The fraction of sp³-hybridized carbons (Fsp3) is 0.350. The summed E-state index contributed by atoms with van der Waals surface area (Å²) in [6.45, 7) is 9.04. The Hall–Kier alpha value is -2.07. The summed E-state index contributed by atoms with van der Waals surface area (Å²) in [6.07, 6.45) is 4.00. The van der Waals surface area contributed by atoms with Crippen molar-refractivity contribution in [3.05, 3.63) is 64.9 Å². The molecule has 1 atom stereocenters. The molecule has 128 valence electrons. The summed E-state index contributed by atoms with van der Waals surface area (Å²) in [7, 11) is 0. The van der Waals surface area contributed by atoms with E-state index in [1.54, 1.807) is 17.4 Å². The van der Waals surface area contributed by atoms with Crippen LogP contribution in [-0.2, 0) is 17.8 Å². The third-order valence-electron chi connectivity index (χ3n) is 3.83. The summed E-state index contributed by atoms with van der Waals surface area (Å²) in [5, 5.41) is 5.34. The van der Waals surface area contributed by atoms with Crippen molar-refractivity contribution in [3.8, 4) is 0 Å². The second-order valence-corrected chi connectivity index (χ2v) is 6.93. The van der Waals surface area contributed by atoms with Crippen molar-refractivity contribution in [1.29, 1.82) is 0 Å². The number of carbonyl (C=O) groups excluding carboxylic acids is 1. The molecule has 1 aromatic heterocycles. The molecule has 0 aliphatic carbocycles. The maximum absolute atomic E-state index is 12.8. The first-order valence-corrected chi connectivity index (χ1v) is 9.29. The first-order chi connectivity index (χ1) is 11.6. The molecular formula is C20H26N2OS. The molecule has 0 spiro atoms. The van der Waals surface area contributed by atoms with Gasteiger partial charge in [0.15, 0.2) is 0 Å². The molecule has 2 aromatic rings. The number of aryl methyl sites for hydroxylation is 1. The lowest BCUT2D eigenvalue weighted by molar-refractivity contribution is -0.131. The van der Waals surface area contributed by atoms with Crippen LogP contribution in [0.5, 0.6) is 0 Å². The predicted octanol–water partition coefficient (Wildman–Crippen LogP) is 4.72. The minimum atomic E-state index is -0.276. The van der Waals surface area contributed by atoms with Gasteiger partial charge in [0.2, 0.25) is 5.91 Å². The van der Waals surface area contributed by atoms with Crippen LogP contribution >= 0.6 is 11.3 Å². The number of rotatable bonds is 9. The van der Waals surface area contributed by atoms with Crippen molar-refractivity contribution in [3.63, 3.8) is 0 Å². The molecular weight excluding hydrogens is 316 g/mol. The Morgan fingerprint density at radius 3 is 2.67 bits per heavy atom. The molecule has 4 heteroatoms. The van der Waals surface area contributed by atoms with Crippen LogP contribution in [0.1, 0.15) is 30.7 Å². The van der Waals surface area contributed by atoms with Crippen LogP contribution in [-0.4, -0.2) is 23.4 Å². The van der Waals surface area contributed by atoms with E-state index >= 15 is 0 Å². The minimum absolute atomic E-state index is 0.0842. The topological polar surface area (TPSA) is 32.3 Å². The summed E-state index contributed by atoms with van der Waals surface area (Å²) >= 11 is 1.67. The number of carbonyl (C=O) groups is 1. The van der Waals surface area contributed by atoms with Crippen molar-refractivity contribution in [2.24, 2.45) is 0 Å². The number of thiophene rings is 1. The number of nitrogens with zero attached hydrogens (tertiary/aromatic N) is 1. The number of hydrogen-bond acceptors (Lipinski definition) is 3.